The summed E-state index contributed by atoms with van der Waals surface area (Å²) in [6.07, 6.45) is 3.76. The van der Waals surface area contributed by atoms with Gasteiger partial charge in [0.1, 0.15) is 0 Å². The minimum Gasteiger partial charge on any atom is -0.374 e. The normalized spacial score (nSPS) is 37.9. The Kier molecular flexibility index (Phi) is 3.42. The Morgan fingerprint density at radius 3 is 3.14 bits per heavy atom. The molecule has 3 heteroatoms. The van der Waals surface area contributed by atoms with Crippen molar-refractivity contribution in [2.24, 2.45) is 5.92 Å². The third-order valence-electron chi connectivity index (χ3n) is 3.39. The fourth-order valence-electron chi connectivity index (χ4n) is 2.41. The second kappa shape index (κ2) is 4.60. The summed E-state index contributed by atoms with van der Waals surface area (Å²) in [6, 6.07) is 0. The van der Waals surface area contributed by atoms with Crippen LogP contribution in [0.3, 0.4) is 0 Å². The summed E-state index contributed by atoms with van der Waals surface area (Å²) in [6.45, 7) is 7.71. The quantitative estimate of drug-likeness (QED) is 0.699. The van der Waals surface area contributed by atoms with Crippen molar-refractivity contribution in [3.63, 3.8) is 0 Å². The van der Waals surface area contributed by atoms with Gasteiger partial charge < -0.3 is 15.4 Å². The van der Waals surface area contributed by atoms with Crippen molar-refractivity contribution in [2.75, 3.05) is 32.8 Å². The van der Waals surface area contributed by atoms with E-state index in [1.165, 1.54) is 32.4 Å². The zero-order chi connectivity index (χ0) is 9.86. The summed E-state index contributed by atoms with van der Waals surface area (Å²) in [5.74, 6) is 0.833. The predicted octanol–water partition coefficient (Wildman–Crippen LogP) is 0.755. The van der Waals surface area contributed by atoms with Gasteiger partial charge in [-0.05, 0) is 51.7 Å². The molecule has 14 heavy (non-hydrogen) atoms. The van der Waals surface area contributed by atoms with Gasteiger partial charge in [-0.3, -0.25) is 0 Å². The lowest BCUT2D eigenvalue weighted by atomic mass is 10.0. The zero-order valence-electron chi connectivity index (χ0n) is 9.14. The Balaban J connectivity index is 1.61. The molecule has 0 aromatic heterocycles. The van der Waals surface area contributed by atoms with Gasteiger partial charge in [0.25, 0.3) is 0 Å². The Morgan fingerprint density at radius 2 is 2.50 bits per heavy atom. The van der Waals surface area contributed by atoms with E-state index in [1.807, 2.05) is 0 Å². The second-order valence-corrected chi connectivity index (χ2v) is 4.89. The molecule has 2 rings (SSSR count). The molecular formula is C11H22N2O. The van der Waals surface area contributed by atoms with Crippen molar-refractivity contribution >= 4 is 0 Å². The van der Waals surface area contributed by atoms with E-state index in [1.54, 1.807) is 0 Å². The zero-order valence-corrected chi connectivity index (χ0v) is 9.14. The van der Waals surface area contributed by atoms with E-state index >= 15 is 0 Å². The van der Waals surface area contributed by atoms with Gasteiger partial charge in [0.05, 0.1) is 5.60 Å². The van der Waals surface area contributed by atoms with E-state index in [0.717, 1.165) is 25.6 Å². The summed E-state index contributed by atoms with van der Waals surface area (Å²) in [5.41, 5.74) is 0.117. The summed E-state index contributed by atoms with van der Waals surface area (Å²) < 4.78 is 5.73. The highest BCUT2D eigenvalue weighted by molar-refractivity contribution is 4.83. The molecule has 0 aromatic carbocycles. The number of nitrogens with one attached hydrogen (secondary N) is 2. The molecule has 0 aliphatic carbocycles. The Bertz CT molecular complexity index is 172. The molecule has 0 radical (unpaired) electrons. The Morgan fingerprint density at radius 1 is 1.57 bits per heavy atom. The first-order valence-electron chi connectivity index (χ1n) is 5.84. The standard InChI is InChI=1S/C11H22N2O/c1-11(4-2-6-14-11)9-13-8-10-3-5-12-7-10/h10,12-13H,2-9H2,1H3. The predicted molar refractivity (Wildman–Crippen MR) is 57.4 cm³/mol. The molecule has 2 fully saturated rings. The van der Waals surface area contributed by atoms with Gasteiger partial charge in [-0.1, -0.05) is 0 Å². The maximum absolute atomic E-state index is 5.73. The van der Waals surface area contributed by atoms with Gasteiger partial charge in [0, 0.05) is 13.2 Å². The highest BCUT2D eigenvalue weighted by Crippen LogP contribution is 2.23. The van der Waals surface area contributed by atoms with E-state index in [0.29, 0.717) is 0 Å². The molecule has 2 heterocycles. The fourth-order valence-corrected chi connectivity index (χ4v) is 2.41. The van der Waals surface area contributed by atoms with Crippen LogP contribution in [-0.2, 0) is 4.74 Å². The van der Waals surface area contributed by atoms with Crippen LogP contribution in [0, 0.1) is 5.92 Å². The minimum atomic E-state index is 0.117. The second-order valence-electron chi connectivity index (χ2n) is 4.89. The Hall–Kier alpha value is -0.120. The van der Waals surface area contributed by atoms with Gasteiger partial charge in [0.15, 0.2) is 0 Å². The number of ether oxygens (including phenoxy) is 1. The fraction of sp³-hybridized carbons (Fsp3) is 1.00. The van der Waals surface area contributed by atoms with Crippen molar-refractivity contribution in [3.8, 4) is 0 Å². The third-order valence-corrected chi connectivity index (χ3v) is 3.39. The first-order chi connectivity index (χ1) is 6.79. The molecule has 2 N–H and O–H groups in total. The van der Waals surface area contributed by atoms with Crippen molar-refractivity contribution < 1.29 is 4.74 Å². The molecular weight excluding hydrogens is 176 g/mol. The number of rotatable bonds is 4. The number of hydrogen-bond donors (Lipinski definition) is 2. The van der Waals surface area contributed by atoms with Crippen molar-refractivity contribution in [3.05, 3.63) is 0 Å². The molecule has 3 nitrogen and oxygen atoms in total. The molecule has 0 bridgehead atoms. The van der Waals surface area contributed by atoms with Crippen LogP contribution in [0.4, 0.5) is 0 Å². The average Bonchev–Trinajstić information content (AvgIpc) is 2.77. The van der Waals surface area contributed by atoms with E-state index in [4.69, 9.17) is 4.74 Å². The third kappa shape index (κ3) is 2.69. The van der Waals surface area contributed by atoms with Gasteiger partial charge in [-0.25, -0.2) is 0 Å². The topological polar surface area (TPSA) is 33.3 Å². The van der Waals surface area contributed by atoms with Gasteiger partial charge in [-0.15, -0.1) is 0 Å². The first kappa shape index (κ1) is 10.4. The van der Waals surface area contributed by atoms with Crippen LogP contribution in [0.15, 0.2) is 0 Å². The van der Waals surface area contributed by atoms with Crippen molar-refractivity contribution in [1.82, 2.24) is 10.6 Å². The molecule has 2 aliphatic rings. The van der Waals surface area contributed by atoms with Crippen LogP contribution in [0.25, 0.3) is 0 Å². The average molecular weight is 198 g/mol. The SMILES string of the molecule is CC1(CNCC2CCNC2)CCCO1. The van der Waals surface area contributed by atoms with Crippen LogP contribution in [0.5, 0.6) is 0 Å². The minimum absolute atomic E-state index is 0.117. The van der Waals surface area contributed by atoms with Crippen LogP contribution in [-0.4, -0.2) is 38.4 Å². The molecule has 0 spiro atoms. The highest BCUT2D eigenvalue weighted by Gasteiger charge is 2.29. The lowest BCUT2D eigenvalue weighted by Gasteiger charge is -2.24. The van der Waals surface area contributed by atoms with Crippen LogP contribution in [0.1, 0.15) is 26.2 Å². The summed E-state index contributed by atoms with van der Waals surface area (Å²) >= 11 is 0. The lowest BCUT2D eigenvalue weighted by Crippen LogP contribution is -2.39. The molecule has 82 valence electrons. The van der Waals surface area contributed by atoms with E-state index < -0.39 is 0 Å². The van der Waals surface area contributed by atoms with Crippen LogP contribution in [0.2, 0.25) is 0 Å². The molecule has 2 aliphatic heterocycles. The monoisotopic (exact) mass is 198 g/mol. The highest BCUT2D eigenvalue weighted by atomic mass is 16.5. The first-order valence-corrected chi connectivity index (χ1v) is 5.84. The largest absolute Gasteiger partial charge is 0.374 e. The molecule has 0 amide bonds. The molecule has 2 atom stereocenters. The van der Waals surface area contributed by atoms with Gasteiger partial charge >= 0.3 is 0 Å². The maximum Gasteiger partial charge on any atom is 0.0779 e. The maximum atomic E-state index is 5.73. The molecule has 0 saturated carbocycles. The smallest absolute Gasteiger partial charge is 0.0779 e. The summed E-state index contributed by atoms with van der Waals surface area (Å²) in [4.78, 5) is 0. The Labute approximate surface area is 86.6 Å². The molecule has 0 aromatic rings. The van der Waals surface area contributed by atoms with E-state index in [2.05, 4.69) is 17.6 Å². The van der Waals surface area contributed by atoms with Crippen LogP contribution >= 0.6 is 0 Å². The van der Waals surface area contributed by atoms with Gasteiger partial charge in [0.2, 0.25) is 0 Å². The summed E-state index contributed by atoms with van der Waals surface area (Å²) in [5, 5.41) is 6.93. The van der Waals surface area contributed by atoms with Gasteiger partial charge in [-0.2, -0.15) is 0 Å². The number of hydrogen-bond acceptors (Lipinski definition) is 3. The van der Waals surface area contributed by atoms with Crippen molar-refractivity contribution in [2.45, 2.75) is 31.8 Å². The molecule has 2 unspecified atom stereocenters. The van der Waals surface area contributed by atoms with Crippen LogP contribution < -0.4 is 10.6 Å². The molecule has 2 saturated heterocycles. The van der Waals surface area contributed by atoms with Crippen molar-refractivity contribution in [1.29, 1.82) is 0 Å². The lowest BCUT2D eigenvalue weighted by molar-refractivity contribution is 0.0204. The van der Waals surface area contributed by atoms with E-state index in [9.17, 15) is 0 Å². The summed E-state index contributed by atoms with van der Waals surface area (Å²) in [7, 11) is 0. The van der Waals surface area contributed by atoms with E-state index in [-0.39, 0.29) is 5.60 Å².